The lowest BCUT2D eigenvalue weighted by Crippen LogP contribution is -2.55. The number of halogens is 2. The molecule has 1 aromatic heterocycles. The predicted octanol–water partition coefficient (Wildman–Crippen LogP) is 1.37. The smallest absolute Gasteiger partial charge is 0.276 e. The first-order chi connectivity index (χ1) is 19.2. The Morgan fingerprint density at radius 1 is 1.12 bits per heavy atom. The van der Waals surface area contributed by atoms with E-state index in [2.05, 4.69) is 50.9 Å². The number of benzene rings is 2. The van der Waals surface area contributed by atoms with Gasteiger partial charge >= 0.3 is 0 Å². The minimum absolute atomic E-state index is 0.138. The van der Waals surface area contributed by atoms with E-state index in [0.717, 1.165) is 43.3 Å². The fraction of sp³-hybridized carbons (Fsp3) is 0.407. The molecule has 1 aliphatic rings. The number of alkyl halides is 2. The Balaban J connectivity index is 1.57. The number of nitrogens with zero attached hydrogens (tertiary/aromatic N) is 2. The molecule has 1 unspecified atom stereocenters. The van der Waals surface area contributed by atoms with Crippen molar-refractivity contribution in [1.29, 1.82) is 0 Å². The van der Waals surface area contributed by atoms with Gasteiger partial charge in [-0.1, -0.05) is 26.5 Å². The van der Waals surface area contributed by atoms with Crippen LogP contribution in [0.15, 0.2) is 47.4 Å². The fourth-order valence-corrected chi connectivity index (χ4v) is 5.95. The van der Waals surface area contributed by atoms with Crippen molar-refractivity contribution in [3.05, 3.63) is 48.2 Å². The minimum atomic E-state index is -3.38. The molecule has 14 heteroatoms. The molecule has 2 N–H and O–H groups in total. The number of ether oxygens (including phenoxy) is 1. The molecule has 7 nitrogen and oxygen atoms in total. The number of aromatic nitrogens is 1. The Bertz CT molecular complexity index is 1570. The van der Waals surface area contributed by atoms with Gasteiger partial charge in [0.25, 0.3) is 5.66 Å². The second-order valence-electron chi connectivity index (χ2n) is 11.5. The van der Waals surface area contributed by atoms with Gasteiger partial charge in [-0.3, -0.25) is 0 Å². The third-order valence-corrected chi connectivity index (χ3v) is 8.60. The van der Waals surface area contributed by atoms with Crippen molar-refractivity contribution in [2.45, 2.75) is 41.2 Å². The summed E-state index contributed by atoms with van der Waals surface area (Å²) in [5.74, 6) is 6.45. The fourth-order valence-electron chi connectivity index (χ4n) is 5.13. The lowest BCUT2D eigenvalue weighted by Gasteiger charge is -2.41. The van der Waals surface area contributed by atoms with E-state index in [1.807, 2.05) is 24.3 Å². The van der Waals surface area contributed by atoms with Crippen LogP contribution in [0.5, 0.6) is 5.75 Å². The molecule has 1 aliphatic heterocycles. The first-order valence-electron chi connectivity index (χ1n) is 13.6. The normalized spacial score (nSPS) is 15.3. The summed E-state index contributed by atoms with van der Waals surface area (Å²) in [6.45, 7) is 1.68. The third kappa shape index (κ3) is 8.00. The Labute approximate surface area is 246 Å². The Morgan fingerprint density at radius 3 is 2.44 bits per heavy atom. The standard InChI is InChI=1S/C27H36B3F2N4O3PS/c1-39-25-16-20(41(2,37)38)8-9-23(25)33-12-4-5-19-15-21-22(6-3-7-24(21)36(19)17-26(31,32)40)34-18-10-13-35(14-11-18)27(28,29)30/h3,6-9,15-16,18,33-34H,10-14,17,28-30,40H2,1-2H3. The molecule has 0 amide bonds. The monoisotopic (exact) mass is 598 g/mol. The van der Waals surface area contributed by atoms with E-state index < -0.39 is 22.0 Å². The van der Waals surface area contributed by atoms with Crippen LogP contribution in [0.2, 0.25) is 0 Å². The summed E-state index contributed by atoms with van der Waals surface area (Å²) < 4.78 is 59.0. The van der Waals surface area contributed by atoms with Crippen LogP contribution in [0, 0.1) is 11.8 Å². The number of hydrogen-bond donors (Lipinski definition) is 2. The van der Waals surface area contributed by atoms with Crippen molar-refractivity contribution in [1.82, 2.24) is 9.47 Å². The maximum absolute atomic E-state index is 14.2. The van der Waals surface area contributed by atoms with Crippen LogP contribution in [0.25, 0.3) is 10.9 Å². The highest BCUT2D eigenvalue weighted by Gasteiger charge is 2.28. The summed E-state index contributed by atoms with van der Waals surface area (Å²) in [5.41, 5.74) is -0.326. The average molecular weight is 598 g/mol. The SMILES string of the molecule is BC(B)(B)N1CCC(Nc2cccc3c2cc(C#CCNc2ccc(S(C)(=O)=O)cc2OC)n3CC(F)(F)P)CC1. The van der Waals surface area contributed by atoms with Gasteiger partial charge in [-0.05, 0) is 62.2 Å². The molecular formula is C27H36B3F2N4O3PS. The van der Waals surface area contributed by atoms with Crippen LogP contribution in [-0.4, -0.2) is 91.4 Å². The molecule has 0 aliphatic carbocycles. The Kier molecular flexibility index (Phi) is 9.37. The second kappa shape index (κ2) is 12.3. The number of methoxy groups -OCH3 is 1. The number of fused-ring (bicyclic) bond motifs is 1. The van der Waals surface area contributed by atoms with Gasteiger partial charge in [0, 0.05) is 29.4 Å². The van der Waals surface area contributed by atoms with E-state index in [0.29, 0.717) is 28.7 Å². The van der Waals surface area contributed by atoms with Gasteiger partial charge < -0.3 is 24.8 Å². The van der Waals surface area contributed by atoms with Crippen LogP contribution in [0.1, 0.15) is 18.5 Å². The van der Waals surface area contributed by atoms with Crippen molar-refractivity contribution >= 4 is 64.9 Å². The molecule has 1 atom stereocenters. The maximum atomic E-state index is 14.2. The van der Waals surface area contributed by atoms with Crippen molar-refractivity contribution in [2.75, 3.05) is 43.6 Å². The molecule has 41 heavy (non-hydrogen) atoms. The molecule has 2 aromatic carbocycles. The van der Waals surface area contributed by atoms with Crippen LogP contribution in [0.3, 0.4) is 0 Å². The molecule has 0 spiro atoms. The first kappa shape index (κ1) is 31.3. The van der Waals surface area contributed by atoms with Gasteiger partial charge in [-0.2, -0.15) is 0 Å². The van der Waals surface area contributed by atoms with Crippen LogP contribution >= 0.6 is 9.24 Å². The zero-order valence-electron chi connectivity index (χ0n) is 24.2. The molecule has 2 heterocycles. The molecular weight excluding hydrogens is 562 g/mol. The summed E-state index contributed by atoms with van der Waals surface area (Å²) in [6, 6.07) is 12.5. The number of hydrogen-bond acceptors (Lipinski definition) is 6. The number of rotatable bonds is 9. The molecule has 0 saturated carbocycles. The van der Waals surface area contributed by atoms with E-state index in [4.69, 9.17) is 4.74 Å². The van der Waals surface area contributed by atoms with Crippen molar-refractivity contribution < 1.29 is 21.9 Å². The van der Waals surface area contributed by atoms with Crippen LogP contribution in [-0.2, 0) is 16.4 Å². The topological polar surface area (TPSA) is 75.6 Å². The number of sulfone groups is 1. The first-order valence-corrected chi connectivity index (χ1v) is 16.0. The van der Waals surface area contributed by atoms with Crippen molar-refractivity contribution in [3.8, 4) is 17.6 Å². The zero-order valence-corrected chi connectivity index (χ0v) is 26.2. The molecule has 0 bridgehead atoms. The average Bonchev–Trinajstić information content (AvgIpc) is 3.22. The summed E-state index contributed by atoms with van der Waals surface area (Å²) in [5, 5.41) is 7.78. The third-order valence-electron chi connectivity index (χ3n) is 7.30. The van der Waals surface area contributed by atoms with E-state index >= 15 is 0 Å². The van der Waals surface area contributed by atoms with E-state index in [1.54, 1.807) is 19.9 Å². The lowest BCUT2D eigenvalue weighted by atomic mass is 9.48. The van der Waals surface area contributed by atoms with Crippen LogP contribution in [0.4, 0.5) is 20.2 Å². The zero-order chi connectivity index (χ0) is 30.0. The predicted molar refractivity (Wildman–Crippen MR) is 175 cm³/mol. The highest BCUT2D eigenvalue weighted by Crippen LogP contribution is 2.33. The highest BCUT2D eigenvalue weighted by molar-refractivity contribution is 7.90. The van der Waals surface area contributed by atoms with Gasteiger partial charge in [0.15, 0.2) is 9.84 Å². The van der Waals surface area contributed by atoms with E-state index in [-0.39, 0.29) is 16.7 Å². The number of anilines is 2. The lowest BCUT2D eigenvalue weighted by molar-refractivity contribution is 0.0851. The minimum Gasteiger partial charge on any atom is -0.495 e. The van der Waals surface area contributed by atoms with Crippen molar-refractivity contribution in [3.63, 3.8) is 0 Å². The van der Waals surface area contributed by atoms with Gasteiger partial charge in [0.2, 0.25) is 0 Å². The molecule has 216 valence electrons. The Morgan fingerprint density at radius 2 is 1.83 bits per heavy atom. The van der Waals surface area contributed by atoms with E-state index in [1.165, 1.54) is 19.2 Å². The molecule has 1 fully saturated rings. The largest absolute Gasteiger partial charge is 0.495 e. The Hall–Kier alpha value is -2.67. The number of piperidine rings is 1. The van der Waals surface area contributed by atoms with Gasteiger partial charge in [-0.15, -0.1) is 0 Å². The quantitative estimate of drug-likeness (QED) is 0.221. The molecule has 4 rings (SSSR count). The summed E-state index contributed by atoms with van der Waals surface area (Å²) >= 11 is 0. The number of nitrogens with one attached hydrogen (secondary N) is 2. The van der Waals surface area contributed by atoms with Gasteiger partial charge in [0.1, 0.15) is 29.3 Å². The van der Waals surface area contributed by atoms with E-state index in [9.17, 15) is 17.2 Å². The highest BCUT2D eigenvalue weighted by atomic mass is 32.2. The summed E-state index contributed by atoms with van der Waals surface area (Å²) in [7, 11) is 6.39. The van der Waals surface area contributed by atoms with Crippen molar-refractivity contribution in [2.24, 2.45) is 0 Å². The molecule has 1 saturated heterocycles. The van der Waals surface area contributed by atoms with Gasteiger partial charge in [-0.25, -0.2) is 17.2 Å². The summed E-state index contributed by atoms with van der Waals surface area (Å²) in [4.78, 5) is 2.64. The summed E-state index contributed by atoms with van der Waals surface area (Å²) in [6.07, 6.45) is 3.14. The van der Waals surface area contributed by atoms with Crippen LogP contribution < -0.4 is 15.4 Å². The molecule has 3 aromatic rings. The second-order valence-corrected chi connectivity index (χ2v) is 14.3. The maximum Gasteiger partial charge on any atom is 0.276 e. The number of likely N-dealkylation sites (tertiary alicyclic amines) is 1. The van der Waals surface area contributed by atoms with Gasteiger partial charge in [0.05, 0.1) is 42.0 Å². The molecule has 0 radical (unpaired) electrons.